The molecular formula is C14H24N4O3S. The molecule has 0 aliphatic carbocycles. The maximum Gasteiger partial charge on any atom is 0.211 e. The number of rotatable bonds is 9. The van der Waals surface area contributed by atoms with E-state index in [9.17, 15) is 8.42 Å². The summed E-state index contributed by atoms with van der Waals surface area (Å²) in [5.41, 5.74) is 0. The standard InChI is InChI=1S/C14H24N4O3S/c1-3-22(19,20)18-10-9-16-14(15-2)17-11-12-21-13-7-5-4-6-8-13/h4-8,18H,3,9-12H2,1-2H3,(H2,15,16,17). The highest BCUT2D eigenvalue weighted by Crippen LogP contribution is 2.07. The molecule has 1 aromatic rings. The number of nitrogens with one attached hydrogen (secondary N) is 3. The summed E-state index contributed by atoms with van der Waals surface area (Å²) < 4.78 is 30.5. The van der Waals surface area contributed by atoms with Crippen molar-refractivity contribution in [1.29, 1.82) is 0 Å². The van der Waals surface area contributed by atoms with Gasteiger partial charge in [0.1, 0.15) is 12.4 Å². The first-order valence-electron chi connectivity index (χ1n) is 7.17. The van der Waals surface area contributed by atoms with Crippen LogP contribution in [0.2, 0.25) is 0 Å². The number of ether oxygens (including phenoxy) is 1. The largest absolute Gasteiger partial charge is 0.492 e. The molecule has 7 nitrogen and oxygen atoms in total. The maximum atomic E-state index is 11.3. The van der Waals surface area contributed by atoms with E-state index < -0.39 is 10.0 Å². The number of aliphatic imine (C=N–C) groups is 1. The van der Waals surface area contributed by atoms with Gasteiger partial charge in [-0.1, -0.05) is 18.2 Å². The van der Waals surface area contributed by atoms with Gasteiger partial charge in [-0.15, -0.1) is 0 Å². The molecule has 0 spiro atoms. The molecule has 0 heterocycles. The minimum absolute atomic E-state index is 0.0802. The number of sulfonamides is 1. The molecule has 22 heavy (non-hydrogen) atoms. The van der Waals surface area contributed by atoms with Crippen LogP contribution in [0.1, 0.15) is 6.92 Å². The summed E-state index contributed by atoms with van der Waals surface area (Å²) in [7, 11) is -1.49. The highest BCUT2D eigenvalue weighted by molar-refractivity contribution is 7.89. The van der Waals surface area contributed by atoms with Crippen molar-refractivity contribution in [2.45, 2.75) is 6.92 Å². The zero-order valence-electron chi connectivity index (χ0n) is 13.0. The van der Waals surface area contributed by atoms with Crippen molar-refractivity contribution in [3.8, 4) is 5.75 Å². The van der Waals surface area contributed by atoms with Crippen LogP contribution in [0, 0.1) is 0 Å². The third-order valence-electron chi connectivity index (χ3n) is 2.75. The Bertz CT molecular complexity index is 546. The van der Waals surface area contributed by atoms with Crippen LogP contribution >= 0.6 is 0 Å². The molecule has 1 rings (SSSR count). The van der Waals surface area contributed by atoms with Gasteiger partial charge in [0.05, 0.1) is 12.3 Å². The van der Waals surface area contributed by atoms with Gasteiger partial charge in [-0.2, -0.15) is 0 Å². The second-order valence-corrected chi connectivity index (χ2v) is 6.48. The Morgan fingerprint density at radius 1 is 1.14 bits per heavy atom. The fourth-order valence-corrected chi connectivity index (χ4v) is 2.18. The van der Waals surface area contributed by atoms with Gasteiger partial charge in [-0.25, -0.2) is 13.1 Å². The van der Waals surface area contributed by atoms with E-state index in [1.165, 1.54) is 0 Å². The summed E-state index contributed by atoms with van der Waals surface area (Å²) in [5, 5.41) is 6.11. The predicted octanol–water partition coefficient (Wildman–Crippen LogP) is 0.170. The van der Waals surface area contributed by atoms with E-state index >= 15 is 0 Å². The zero-order valence-corrected chi connectivity index (χ0v) is 13.8. The highest BCUT2D eigenvalue weighted by Gasteiger charge is 2.04. The summed E-state index contributed by atoms with van der Waals surface area (Å²) in [6.07, 6.45) is 0. The number of guanidine groups is 1. The summed E-state index contributed by atoms with van der Waals surface area (Å²) >= 11 is 0. The highest BCUT2D eigenvalue weighted by atomic mass is 32.2. The van der Waals surface area contributed by atoms with E-state index in [4.69, 9.17) is 4.74 Å². The first-order valence-corrected chi connectivity index (χ1v) is 8.82. The number of benzene rings is 1. The minimum atomic E-state index is -3.15. The maximum absolute atomic E-state index is 11.3. The smallest absolute Gasteiger partial charge is 0.211 e. The van der Waals surface area contributed by atoms with Gasteiger partial charge in [0.25, 0.3) is 0 Å². The Balaban J connectivity index is 2.15. The van der Waals surface area contributed by atoms with Gasteiger partial charge in [0, 0.05) is 20.1 Å². The third-order valence-corrected chi connectivity index (χ3v) is 4.15. The van der Waals surface area contributed by atoms with E-state index in [0.29, 0.717) is 32.2 Å². The van der Waals surface area contributed by atoms with Crippen molar-refractivity contribution in [2.75, 3.05) is 39.0 Å². The molecule has 0 aliphatic rings. The first kappa shape index (κ1) is 18.2. The van der Waals surface area contributed by atoms with E-state index in [2.05, 4.69) is 20.3 Å². The molecule has 8 heteroatoms. The lowest BCUT2D eigenvalue weighted by Gasteiger charge is -2.12. The molecule has 0 bridgehead atoms. The molecule has 0 aromatic heterocycles. The molecule has 124 valence electrons. The van der Waals surface area contributed by atoms with Gasteiger partial charge in [-0.3, -0.25) is 4.99 Å². The topological polar surface area (TPSA) is 91.8 Å². The number of hydrogen-bond donors (Lipinski definition) is 3. The summed E-state index contributed by atoms with van der Waals surface area (Å²) in [5.74, 6) is 1.50. The Morgan fingerprint density at radius 2 is 1.82 bits per heavy atom. The molecule has 0 amide bonds. The number of para-hydroxylation sites is 1. The van der Waals surface area contributed by atoms with Crippen LogP contribution in [-0.2, 0) is 10.0 Å². The molecule has 0 fully saturated rings. The van der Waals surface area contributed by atoms with Crippen molar-refractivity contribution in [1.82, 2.24) is 15.4 Å². The molecule has 0 saturated carbocycles. The quantitative estimate of drug-likeness (QED) is 0.341. The monoisotopic (exact) mass is 328 g/mol. The fraction of sp³-hybridized carbons (Fsp3) is 0.500. The SMILES string of the molecule is CCS(=O)(=O)NCCNC(=NC)NCCOc1ccccc1. The van der Waals surface area contributed by atoms with Crippen molar-refractivity contribution >= 4 is 16.0 Å². The van der Waals surface area contributed by atoms with E-state index in [1.807, 2.05) is 30.3 Å². The lowest BCUT2D eigenvalue weighted by atomic mass is 10.3. The average molecular weight is 328 g/mol. The molecule has 0 radical (unpaired) electrons. The molecule has 3 N–H and O–H groups in total. The van der Waals surface area contributed by atoms with Crippen LogP contribution in [0.5, 0.6) is 5.75 Å². The van der Waals surface area contributed by atoms with Crippen LogP contribution in [0.4, 0.5) is 0 Å². The summed E-state index contributed by atoms with van der Waals surface area (Å²) in [6.45, 7) is 3.47. The van der Waals surface area contributed by atoms with Crippen molar-refractivity contribution in [3.05, 3.63) is 30.3 Å². The van der Waals surface area contributed by atoms with Gasteiger partial charge in [-0.05, 0) is 19.1 Å². The van der Waals surface area contributed by atoms with Gasteiger partial charge in [0.15, 0.2) is 5.96 Å². The minimum Gasteiger partial charge on any atom is -0.492 e. The van der Waals surface area contributed by atoms with E-state index in [-0.39, 0.29) is 5.75 Å². The molecule has 0 saturated heterocycles. The normalized spacial score (nSPS) is 12.0. The Morgan fingerprint density at radius 3 is 2.45 bits per heavy atom. The van der Waals surface area contributed by atoms with Crippen LogP contribution in [0.3, 0.4) is 0 Å². The van der Waals surface area contributed by atoms with Crippen molar-refractivity contribution in [3.63, 3.8) is 0 Å². The van der Waals surface area contributed by atoms with E-state index in [1.54, 1.807) is 14.0 Å². The fourth-order valence-electron chi connectivity index (χ4n) is 1.57. The summed E-state index contributed by atoms with van der Waals surface area (Å²) in [6, 6.07) is 9.56. The lowest BCUT2D eigenvalue weighted by molar-refractivity contribution is 0.322. The Labute approximate surface area is 132 Å². The van der Waals surface area contributed by atoms with Crippen LogP contribution in [-0.4, -0.2) is 53.4 Å². The van der Waals surface area contributed by atoms with Gasteiger partial charge in [0.2, 0.25) is 10.0 Å². The number of nitrogens with zero attached hydrogens (tertiary/aromatic N) is 1. The zero-order chi connectivity index (χ0) is 16.3. The van der Waals surface area contributed by atoms with Crippen LogP contribution < -0.4 is 20.1 Å². The van der Waals surface area contributed by atoms with E-state index in [0.717, 1.165) is 5.75 Å². The lowest BCUT2D eigenvalue weighted by Crippen LogP contribution is -2.42. The molecule has 0 unspecified atom stereocenters. The average Bonchev–Trinajstić information content (AvgIpc) is 2.54. The van der Waals surface area contributed by atoms with Crippen molar-refractivity contribution < 1.29 is 13.2 Å². The van der Waals surface area contributed by atoms with Crippen LogP contribution in [0.15, 0.2) is 35.3 Å². The summed E-state index contributed by atoms with van der Waals surface area (Å²) in [4.78, 5) is 4.05. The predicted molar refractivity (Wildman–Crippen MR) is 88.8 cm³/mol. The second kappa shape index (κ2) is 10.0. The molecular weight excluding hydrogens is 304 g/mol. The van der Waals surface area contributed by atoms with Gasteiger partial charge < -0.3 is 15.4 Å². The third kappa shape index (κ3) is 7.84. The Hall–Kier alpha value is -1.80. The Kier molecular flexibility index (Phi) is 8.31. The molecule has 0 aliphatic heterocycles. The molecule has 0 atom stereocenters. The van der Waals surface area contributed by atoms with Crippen molar-refractivity contribution in [2.24, 2.45) is 4.99 Å². The molecule has 1 aromatic carbocycles. The van der Waals surface area contributed by atoms with Crippen LogP contribution in [0.25, 0.3) is 0 Å². The second-order valence-electron chi connectivity index (χ2n) is 4.39. The number of hydrogen-bond acceptors (Lipinski definition) is 4. The van der Waals surface area contributed by atoms with Gasteiger partial charge >= 0.3 is 0 Å². The first-order chi connectivity index (χ1) is 10.6.